The van der Waals surface area contributed by atoms with Gasteiger partial charge in [-0.25, -0.2) is 4.79 Å². The van der Waals surface area contributed by atoms with Crippen LogP contribution in [0.25, 0.3) is 0 Å². The summed E-state index contributed by atoms with van der Waals surface area (Å²) >= 11 is 0. The van der Waals surface area contributed by atoms with Gasteiger partial charge in [0.15, 0.2) is 0 Å². The van der Waals surface area contributed by atoms with Gasteiger partial charge in [-0.15, -0.1) is 0 Å². The molecule has 0 N–H and O–H groups in total. The monoisotopic (exact) mass is 413 g/mol. The molecule has 3 fully saturated rings. The Bertz CT molecular complexity index is 739. The van der Waals surface area contributed by atoms with Crippen LogP contribution in [0.15, 0.2) is 30.3 Å². The molecule has 164 valence electrons. The van der Waals surface area contributed by atoms with Gasteiger partial charge in [0.05, 0.1) is 6.61 Å². The number of hydrogen-bond acceptors (Lipinski definition) is 4. The molecular weight excluding hydrogens is 378 g/mol. The van der Waals surface area contributed by atoms with Crippen molar-refractivity contribution >= 4 is 12.0 Å². The van der Waals surface area contributed by atoms with Gasteiger partial charge in [-0.05, 0) is 50.0 Å². The first kappa shape index (κ1) is 21.2. The van der Waals surface area contributed by atoms with Crippen molar-refractivity contribution in [3.8, 4) is 0 Å². The molecule has 1 spiro atoms. The van der Waals surface area contributed by atoms with E-state index in [2.05, 4.69) is 21.9 Å². The molecule has 0 atom stereocenters. The molecule has 0 radical (unpaired) electrons. The Hall–Kier alpha value is -2.08. The Morgan fingerprint density at radius 3 is 2.47 bits per heavy atom. The molecule has 30 heavy (non-hydrogen) atoms. The summed E-state index contributed by atoms with van der Waals surface area (Å²) in [5.74, 6) is 0.171. The predicted molar refractivity (Wildman–Crippen MR) is 116 cm³/mol. The number of piperidine rings is 1. The van der Waals surface area contributed by atoms with Gasteiger partial charge in [-0.3, -0.25) is 4.79 Å². The highest BCUT2D eigenvalue weighted by Gasteiger charge is 2.51. The highest BCUT2D eigenvalue weighted by Crippen LogP contribution is 2.50. The zero-order chi connectivity index (χ0) is 21.1. The summed E-state index contributed by atoms with van der Waals surface area (Å²) < 4.78 is 5.17. The first-order valence-electron chi connectivity index (χ1n) is 11.5. The highest BCUT2D eigenvalue weighted by molar-refractivity contribution is 5.73. The van der Waals surface area contributed by atoms with Crippen LogP contribution in [0.4, 0.5) is 4.79 Å². The number of carbonyl (C=O) groups is 2. The number of nitrogens with zero attached hydrogens (tertiary/aromatic N) is 3. The molecule has 2 saturated heterocycles. The molecular formula is C24H35N3O3. The summed E-state index contributed by atoms with van der Waals surface area (Å²) in [4.78, 5) is 30.9. The molecule has 4 rings (SSSR count). The van der Waals surface area contributed by atoms with Crippen LogP contribution >= 0.6 is 0 Å². The van der Waals surface area contributed by atoms with Crippen molar-refractivity contribution in [2.24, 2.45) is 5.41 Å². The van der Waals surface area contributed by atoms with Crippen LogP contribution in [0.1, 0.15) is 51.5 Å². The minimum Gasteiger partial charge on any atom is -0.450 e. The van der Waals surface area contributed by atoms with Crippen molar-refractivity contribution in [1.82, 2.24) is 14.7 Å². The summed E-state index contributed by atoms with van der Waals surface area (Å²) in [7, 11) is 0. The number of benzene rings is 1. The van der Waals surface area contributed by atoms with Crippen LogP contribution in [0.2, 0.25) is 0 Å². The molecule has 0 unspecified atom stereocenters. The van der Waals surface area contributed by atoms with Gasteiger partial charge in [0.25, 0.3) is 0 Å². The average Bonchev–Trinajstić information content (AvgIpc) is 3.18. The molecule has 0 aromatic heterocycles. The zero-order valence-electron chi connectivity index (χ0n) is 18.4. The van der Waals surface area contributed by atoms with Crippen LogP contribution in [-0.4, -0.2) is 71.6 Å². The van der Waals surface area contributed by atoms with E-state index >= 15 is 0 Å². The molecule has 2 amide bonds. The van der Waals surface area contributed by atoms with Crippen LogP contribution < -0.4 is 0 Å². The number of likely N-dealkylation sites (tertiary alicyclic amines) is 2. The summed E-state index contributed by atoms with van der Waals surface area (Å²) in [5, 5.41) is 0. The lowest BCUT2D eigenvalue weighted by atomic mass is 9.64. The highest BCUT2D eigenvalue weighted by atomic mass is 16.6. The lowest BCUT2D eigenvalue weighted by Gasteiger charge is -2.52. The number of carbonyl (C=O) groups excluding carboxylic acids is 2. The first-order valence-corrected chi connectivity index (χ1v) is 11.5. The van der Waals surface area contributed by atoms with Crippen LogP contribution in [0.5, 0.6) is 0 Å². The van der Waals surface area contributed by atoms with Crippen molar-refractivity contribution in [2.45, 2.75) is 64.6 Å². The SMILES string of the molecule is CCOC(=O)N1CCC2(CC(N3CCC(N(Cc4ccccc4)C(C)=O)CC3)C2)C1. The van der Waals surface area contributed by atoms with E-state index < -0.39 is 0 Å². The van der Waals surface area contributed by atoms with Crippen LogP contribution in [0, 0.1) is 5.41 Å². The van der Waals surface area contributed by atoms with Gasteiger partial charge < -0.3 is 19.4 Å². The van der Waals surface area contributed by atoms with Gasteiger partial charge in [0.2, 0.25) is 5.91 Å². The van der Waals surface area contributed by atoms with Crippen LogP contribution in [-0.2, 0) is 16.1 Å². The summed E-state index contributed by atoms with van der Waals surface area (Å²) in [6.45, 7) is 8.52. The predicted octanol–water partition coefficient (Wildman–Crippen LogP) is 3.51. The van der Waals surface area contributed by atoms with Gasteiger partial charge in [-0.1, -0.05) is 30.3 Å². The fourth-order valence-corrected chi connectivity index (χ4v) is 5.68. The molecule has 1 saturated carbocycles. The number of rotatable bonds is 5. The van der Waals surface area contributed by atoms with Gasteiger partial charge in [0.1, 0.15) is 0 Å². The second-order valence-corrected chi connectivity index (χ2v) is 9.33. The molecule has 2 heterocycles. The van der Waals surface area contributed by atoms with Gasteiger partial charge in [0, 0.05) is 51.7 Å². The Kier molecular flexibility index (Phi) is 6.32. The van der Waals surface area contributed by atoms with Crippen molar-refractivity contribution in [3.63, 3.8) is 0 Å². The van der Waals surface area contributed by atoms with E-state index in [0.717, 1.165) is 45.4 Å². The van der Waals surface area contributed by atoms with Crippen molar-refractivity contribution in [2.75, 3.05) is 32.8 Å². The van der Waals surface area contributed by atoms with E-state index in [-0.39, 0.29) is 12.0 Å². The molecule has 1 aromatic carbocycles. The standard InChI is InChI=1S/C24H35N3O3/c1-3-30-23(29)26-14-11-24(18-26)15-22(16-24)25-12-9-21(10-13-25)27(19(2)28)17-20-7-5-4-6-8-20/h4-8,21-22H,3,9-18H2,1-2H3. The van der Waals surface area contributed by atoms with Crippen LogP contribution in [0.3, 0.4) is 0 Å². The summed E-state index contributed by atoms with van der Waals surface area (Å²) in [6, 6.07) is 11.2. The third kappa shape index (κ3) is 4.48. The third-order valence-corrected chi connectivity index (χ3v) is 7.36. The van der Waals surface area contributed by atoms with E-state index in [1.54, 1.807) is 6.92 Å². The normalized spacial score (nSPS) is 27.1. The molecule has 3 aliphatic rings. The lowest BCUT2D eigenvalue weighted by Crippen LogP contribution is -2.56. The minimum atomic E-state index is -0.152. The van der Waals surface area contributed by atoms with E-state index in [0.29, 0.717) is 30.7 Å². The number of hydrogen-bond donors (Lipinski definition) is 0. The van der Waals surface area contributed by atoms with E-state index in [1.165, 1.54) is 18.4 Å². The fraction of sp³-hybridized carbons (Fsp3) is 0.667. The topological polar surface area (TPSA) is 53.1 Å². The zero-order valence-corrected chi connectivity index (χ0v) is 18.4. The quantitative estimate of drug-likeness (QED) is 0.741. The maximum absolute atomic E-state index is 12.3. The van der Waals surface area contributed by atoms with Crippen molar-refractivity contribution < 1.29 is 14.3 Å². The summed E-state index contributed by atoms with van der Waals surface area (Å²) in [6.07, 6.45) is 5.42. The average molecular weight is 414 g/mol. The minimum absolute atomic E-state index is 0.152. The molecule has 6 nitrogen and oxygen atoms in total. The Labute approximate surface area is 180 Å². The third-order valence-electron chi connectivity index (χ3n) is 7.36. The largest absolute Gasteiger partial charge is 0.450 e. The fourth-order valence-electron chi connectivity index (χ4n) is 5.68. The maximum atomic E-state index is 12.3. The smallest absolute Gasteiger partial charge is 0.409 e. The second-order valence-electron chi connectivity index (χ2n) is 9.33. The maximum Gasteiger partial charge on any atom is 0.409 e. The van der Waals surface area contributed by atoms with Gasteiger partial charge >= 0.3 is 6.09 Å². The van der Waals surface area contributed by atoms with E-state index in [9.17, 15) is 9.59 Å². The van der Waals surface area contributed by atoms with Crippen molar-refractivity contribution in [1.29, 1.82) is 0 Å². The first-order chi connectivity index (χ1) is 14.5. The molecule has 0 bridgehead atoms. The van der Waals surface area contributed by atoms with Gasteiger partial charge in [-0.2, -0.15) is 0 Å². The summed E-state index contributed by atoms with van der Waals surface area (Å²) in [5.41, 5.74) is 1.51. The second kappa shape index (κ2) is 8.96. The number of ether oxygens (including phenoxy) is 1. The molecule has 1 aliphatic carbocycles. The van der Waals surface area contributed by atoms with E-state index in [1.807, 2.05) is 30.0 Å². The molecule has 2 aliphatic heterocycles. The Morgan fingerprint density at radius 1 is 1.13 bits per heavy atom. The lowest BCUT2D eigenvalue weighted by molar-refractivity contribution is -0.133. The Balaban J connectivity index is 1.25. The molecule has 6 heteroatoms. The number of amides is 2. The van der Waals surface area contributed by atoms with E-state index in [4.69, 9.17) is 4.74 Å². The van der Waals surface area contributed by atoms with Crippen molar-refractivity contribution in [3.05, 3.63) is 35.9 Å². The Morgan fingerprint density at radius 2 is 1.83 bits per heavy atom. The molecule has 1 aromatic rings.